The lowest BCUT2D eigenvalue weighted by atomic mass is 9.64. The fourth-order valence-electron chi connectivity index (χ4n) is 6.90. The van der Waals surface area contributed by atoms with Crippen LogP contribution in [0.25, 0.3) is 10.9 Å². The van der Waals surface area contributed by atoms with Gasteiger partial charge in [-0.3, -0.25) is 9.59 Å². The van der Waals surface area contributed by atoms with Crippen molar-refractivity contribution in [1.82, 2.24) is 9.47 Å². The number of allylic oxidation sites excluding steroid dienone is 4. The smallest absolute Gasteiger partial charge is 0.162 e. The van der Waals surface area contributed by atoms with Crippen LogP contribution in [0.1, 0.15) is 70.4 Å². The van der Waals surface area contributed by atoms with Gasteiger partial charge in [0.25, 0.3) is 0 Å². The average Bonchev–Trinajstić information content (AvgIpc) is 3.19. The van der Waals surface area contributed by atoms with Gasteiger partial charge in [0.1, 0.15) is 0 Å². The van der Waals surface area contributed by atoms with Gasteiger partial charge in [-0.05, 0) is 53.0 Å². The Bertz CT molecular complexity index is 1500. The van der Waals surface area contributed by atoms with Crippen molar-refractivity contribution in [3.05, 3.63) is 92.9 Å². The summed E-state index contributed by atoms with van der Waals surface area (Å²) in [5.41, 5.74) is 7.08. The van der Waals surface area contributed by atoms with Gasteiger partial charge in [-0.25, -0.2) is 0 Å². The molecule has 0 amide bonds. The highest BCUT2D eigenvalue weighted by Crippen LogP contribution is 2.54. The summed E-state index contributed by atoms with van der Waals surface area (Å²) in [6.07, 6.45) is 4.90. The normalized spacial score (nSPS) is 21.3. The molecule has 0 unspecified atom stereocenters. The van der Waals surface area contributed by atoms with Crippen molar-refractivity contribution in [3.63, 3.8) is 0 Å². The summed E-state index contributed by atoms with van der Waals surface area (Å²) in [5, 5.41) is 1.12. The Hall–Kier alpha value is -2.92. The first-order valence-electron chi connectivity index (χ1n) is 13.5. The molecule has 4 nitrogen and oxygen atoms in total. The lowest BCUT2D eigenvalue weighted by Crippen LogP contribution is -2.43. The molecule has 1 aromatic heterocycles. The zero-order valence-corrected chi connectivity index (χ0v) is 24.5. The van der Waals surface area contributed by atoms with Crippen molar-refractivity contribution in [2.75, 3.05) is 7.05 Å². The number of nitrogens with zero attached hydrogens (tertiary/aromatic N) is 2. The highest BCUT2D eigenvalue weighted by atomic mass is 79.9. The van der Waals surface area contributed by atoms with E-state index in [9.17, 15) is 9.59 Å². The molecule has 2 aliphatic carbocycles. The second-order valence-corrected chi connectivity index (χ2v) is 13.9. The molecule has 5 heteroatoms. The first kappa shape index (κ1) is 25.4. The number of hydrogen-bond donors (Lipinski definition) is 0. The molecule has 0 atom stereocenters. The molecule has 2 aromatic carbocycles. The molecular weight excluding hydrogens is 536 g/mol. The number of halogens is 1. The van der Waals surface area contributed by atoms with Crippen molar-refractivity contribution in [3.8, 4) is 0 Å². The van der Waals surface area contributed by atoms with Gasteiger partial charge in [-0.15, -0.1) is 0 Å². The summed E-state index contributed by atoms with van der Waals surface area (Å²) in [5.74, 6) is 0.0449. The number of hydrogen-bond acceptors (Lipinski definition) is 3. The highest BCUT2D eigenvalue weighted by molar-refractivity contribution is 9.10. The van der Waals surface area contributed by atoms with Crippen LogP contribution in [0.3, 0.4) is 0 Å². The third-order valence-electron chi connectivity index (χ3n) is 8.58. The molecule has 2 heterocycles. The Kier molecular flexibility index (Phi) is 5.88. The average molecular weight is 572 g/mol. The van der Waals surface area contributed by atoms with Crippen molar-refractivity contribution >= 4 is 38.4 Å². The van der Waals surface area contributed by atoms with E-state index in [4.69, 9.17) is 0 Å². The van der Waals surface area contributed by atoms with Crippen LogP contribution in [-0.2, 0) is 16.1 Å². The number of rotatable bonds is 3. The van der Waals surface area contributed by atoms with Crippen molar-refractivity contribution in [2.24, 2.45) is 10.8 Å². The van der Waals surface area contributed by atoms with Gasteiger partial charge in [0, 0.05) is 76.5 Å². The number of Topliss-reactive ketones (excluding diaryl/α,β-unsaturated/α-hetero) is 2. The van der Waals surface area contributed by atoms with Crippen molar-refractivity contribution in [2.45, 2.75) is 65.8 Å². The molecule has 38 heavy (non-hydrogen) atoms. The maximum atomic E-state index is 13.9. The summed E-state index contributed by atoms with van der Waals surface area (Å²) in [6, 6.07) is 16.8. The molecule has 0 saturated heterocycles. The summed E-state index contributed by atoms with van der Waals surface area (Å²) in [7, 11) is 2.07. The van der Waals surface area contributed by atoms with Gasteiger partial charge in [-0.2, -0.15) is 0 Å². The Balaban J connectivity index is 1.58. The maximum absolute atomic E-state index is 13.9. The minimum absolute atomic E-state index is 0.101. The van der Waals surface area contributed by atoms with Crippen LogP contribution in [0, 0.1) is 10.8 Å². The monoisotopic (exact) mass is 570 g/mol. The summed E-state index contributed by atoms with van der Waals surface area (Å²) < 4.78 is 3.34. The number of ketones is 2. The van der Waals surface area contributed by atoms with E-state index in [1.54, 1.807) is 0 Å². The Morgan fingerprint density at radius 1 is 0.816 bits per heavy atom. The minimum Gasteiger partial charge on any atom is -0.351 e. The predicted octanol–water partition coefficient (Wildman–Crippen LogP) is 7.77. The number of fused-ring (bicyclic) bond motifs is 1. The van der Waals surface area contributed by atoms with E-state index in [1.807, 2.05) is 0 Å². The highest BCUT2D eigenvalue weighted by Gasteiger charge is 2.48. The Morgan fingerprint density at radius 2 is 1.37 bits per heavy atom. The van der Waals surface area contributed by atoms with Crippen LogP contribution in [-0.4, -0.2) is 28.1 Å². The summed E-state index contributed by atoms with van der Waals surface area (Å²) in [6.45, 7) is 9.45. The molecule has 0 bridgehead atoms. The van der Waals surface area contributed by atoms with E-state index >= 15 is 0 Å². The maximum Gasteiger partial charge on any atom is 0.162 e. The Morgan fingerprint density at radius 3 is 1.95 bits per heavy atom. The standard InChI is InChI=1S/C33H35BrN2O2/c1-32(2)14-25-30(27(37)16-32)29(31-26(35(25)5)15-33(3,4)17-28(31)38)23-19-36(24-9-7-6-8-22(23)24)18-20-10-12-21(34)13-11-20/h6-13,19,29H,14-18H2,1-5H3. The second kappa shape index (κ2) is 8.81. The molecule has 0 N–H and O–H groups in total. The molecule has 0 spiro atoms. The third kappa shape index (κ3) is 4.20. The lowest BCUT2D eigenvalue weighted by Gasteiger charge is -2.47. The molecule has 0 saturated carbocycles. The van der Waals surface area contributed by atoms with Crippen LogP contribution in [0.2, 0.25) is 0 Å². The van der Waals surface area contributed by atoms with Crippen molar-refractivity contribution in [1.29, 1.82) is 0 Å². The van der Waals surface area contributed by atoms with E-state index in [2.05, 4.69) is 115 Å². The fourth-order valence-corrected chi connectivity index (χ4v) is 7.16. The third-order valence-corrected chi connectivity index (χ3v) is 9.11. The Labute approximate surface area is 233 Å². The molecule has 3 aliphatic rings. The molecule has 6 rings (SSSR count). The van der Waals surface area contributed by atoms with Gasteiger partial charge < -0.3 is 9.47 Å². The van der Waals surface area contributed by atoms with Gasteiger partial charge >= 0.3 is 0 Å². The predicted molar refractivity (Wildman–Crippen MR) is 156 cm³/mol. The number of carbonyl (C=O) groups is 2. The molecular formula is C33H35BrN2O2. The topological polar surface area (TPSA) is 42.3 Å². The second-order valence-electron chi connectivity index (χ2n) is 13.0. The van der Waals surface area contributed by atoms with Crippen molar-refractivity contribution < 1.29 is 9.59 Å². The summed E-state index contributed by atoms with van der Waals surface area (Å²) in [4.78, 5) is 30.0. The van der Waals surface area contributed by atoms with E-state index < -0.39 is 0 Å². The largest absolute Gasteiger partial charge is 0.351 e. The molecule has 0 fully saturated rings. The van der Waals surface area contributed by atoms with E-state index in [-0.39, 0.29) is 28.3 Å². The number of para-hydroxylation sites is 1. The molecule has 1 aliphatic heterocycles. The zero-order valence-electron chi connectivity index (χ0n) is 22.9. The lowest BCUT2D eigenvalue weighted by molar-refractivity contribution is -0.119. The minimum atomic E-state index is -0.320. The zero-order chi connectivity index (χ0) is 27.0. The number of aromatic nitrogens is 1. The summed E-state index contributed by atoms with van der Waals surface area (Å²) >= 11 is 3.54. The first-order valence-corrected chi connectivity index (χ1v) is 14.3. The van der Waals surface area contributed by atoms with Gasteiger partial charge in [-0.1, -0.05) is 74.0 Å². The molecule has 0 radical (unpaired) electrons. The van der Waals surface area contributed by atoms with E-state index in [1.165, 1.54) is 5.56 Å². The first-order chi connectivity index (χ1) is 17.9. The molecule has 196 valence electrons. The number of carbonyl (C=O) groups excluding carboxylic acids is 2. The van der Waals surface area contributed by atoms with Gasteiger partial charge in [0.2, 0.25) is 0 Å². The van der Waals surface area contributed by atoms with Crippen LogP contribution in [0.5, 0.6) is 0 Å². The SMILES string of the molecule is CN1C2=C(C(=O)CC(C)(C)C2)C(c2cn(Cc3ccc(Br)cc3)c3ccccc23)C2=C1CC(C)(C)CC2=O. The van der Waals surface area contributed by atoms with Crippen LogP contribution >= 0.6 is 15.9 Å². The van der Waals surface area contributed by atoms with E-state index in [0.717, 1.165) is 62.9 Å². The quantitative estimate of drug-likeness (QED) is 0.323. The molecule has 3 aromatic rings. The van der Waals surface area contributed by atoms with Crippen LogP contribution < -0.4 is 0 Å². The van der Waals surface area contributed by atoms with E-state index in [0.29, 0.717) is 12.8 Å². The number of benzene rings is 2. The fraction of sp³-hybridized carbons (Fsp3) is 0.394. The van der Waals surface area contributed by atoms with Crippen LogP contribution in [0.15, 0.2) is 81.7 Å². The van der Waals surface area contributed by atoms with Gasteiger partial charge in [0.05, 0.1) is 0 Å². The van der Waals surface area contributed by atoms with Gasteiger partial charge in [0.15, 0.2) is 11.6 Å². The van der Waals surface area contributed by atoms with Crippen LogP contribution in [0.4, 0.5) is 0 Å².